The minimum atomic E-state index is -0.361. The molecule has 2 amide bonds. The molecule has 21 heavy (non-hydrogen) atoms. The zero-order chi connectivity index (χ0) is 15.4. The van der Waals surface area contributed by atoms with Gasteiger partial charge >= 0.3 is 6.09 Å². The van der Waals surface area contributed by atoms with E-state index < -0.39 is 0 Å². The van der Waals surface area contributed by atoms with Crippen LogP contribution in [0, 0.1) is 0 Å². The molecule has 0 aliphatic carbocycles. The fourth-order valence-corrected chi connectivity index (χ4v) is 2.55. The van der Waals surface area contributed by atoms with Gasteiger partial charge in [-0.2, -0.15) is 0 Å². The van der Waals surface area contributed by atoms with Crippen molar-refractivity contribution in [2.45, 2.75) is 26.4 Å². The molecule has 0 saturated carbocycles. The molecule has 0 bridgehead atoms. The number of cyclic esters (lactones) is 1. The lowest BCUT2D eigenvalue weighted by Gasteiger charge is -2.15. The number of hydrogen-bond donors (Lipinski definition) is 1. The number of nitrogens with zero attached hydrogens (tertiary/aromatic N) is 2. The third kappa shape index (κ3) is 2.85. The maximum absolute atomic E-state index is 11.7. The average molecular weight is 291 g/mol. The quantitative estimate of drug-likeness (QED) is 0.857. The number of amides is 2. The highest BCUT2D eigenvalue weighted by Crippen LogP contribution is 2.32. The number of ether oxygens (including phenoxy) is 1. The predicted octanol–water partition coefficient (Wildman–Crippen LogP) is 1.52. The van der Waals surface area contributed by atoms with Crippen LogP contribution in [-0.2, 0) is 16.0 Å². The Balaban J connectivity index is 0.000000774. The van der Waals surface area contributed by atoms with Crippen LogP contribution >= 0.6 is 0 Å². The fourth-order valence-electron chi connectivity index (χ4n) is 2.55. The first-order valence-electron chi connectivity index (χ1n) is 7.26. The molecule has 2 aliphatic rings. The van der Waals surface area contributed by atoms with Crippen molar-refractivity contribution in [2.75, 3.05) is 29.4 Å². The Labute approximate surface area is 124 Å². The van der Waals surface area contributed by atoms with Crippen molar-refractivity contribution < 1.29 is 14.3 Å². The summed E-state index contributed by atoms with van der Waals surface area (Å²) in [5.74, 6) is 0. The van der Waals surface area contributed by atoms with Crippen molar-refractivity contribution in [3.05, 3.63) is 23.8 Å². The van der Waals surface area contributed by atoms with Crippen molar-refractivity contribution >= 4 is 23.9 Å². The molecule has 114 valence electrons. The van der Waals surface area contributed by atoms with Crippen LogP contribution in [0.4, 0.5) is 16.2 Å². The molecule has 0 aromatic heterocycles. The number of carbonyl (C=O) groups excluding carboxylic acids is 2. The van der Waals surface area contributed by atoms with E-state index in [2.05, 4.69) is 0 Å². The molecule has 1 aromatic rings. The van der Waals surface area contributed by atoms with Crippen molar-refractivity contribution in [3.63, 3.8) is 0 Å². The molecule has 3 rings (SSSR count). The van der Waals surface area contributed by atoms with E-state index in [0.29, 0.717) is 19.6 Å². The summed E-state index contributed by atoms with van der Waals surface area (Å²) in [6, 6.07) is 5.65. The van der Waals surface area contributed by atoms with Crippen LogP contribution in [0.2, 0.25) is 0 Å². The molecule has 1 atom stereocenters. The van der Waals surface area contributed by atoms with E-state index in [1.54, 1.807) is 9.80 Å². The summed E-state index contributed by atoms with van der Waals surface area (Å²) in [4.78, 5) is 25.9. The smallest absolute Gasteiger partial charge is 0.414 e. The molecule has 6 heteroatoms. The summed E-state index contributed by atoms with van der Waals surface area (Å²) in [5.41, 5.74) is 8.31. The highest BCUT2D eigenvalue weighted by Gasteiger charge is 2.32. The van der Waals surface area contributed by atoms with E-state index in [1.807, 2.05) is 32.0 Å². The Morgan fingerprint density at radius 1 is 1.43 bits per heavy atom. The third-order valence-corrected chi connectivity index (χ3v) is 3.57. The molecule has 1 aromatic carbocycles. The lowest BCUT2D eigenvalue weighted by atomic mass is 10.1. The molecular formula is C15H21N3O3. The zero-order valence-electron chi connectivity index (χ0n) is 12.4. The first kappa shape index (κ1) is 15.3. The van der Waals surface area contributed by atoms with Gasteiger partial charge in [0, 0.05) is 24.5 Å². The Bertz CT molecular complexity index is 533. The SMILES string of the molecule is CC.NCC1CN(c2ccc3c(c2)CCN3C=O)C(=O)O1. The van der Waals surface area contributed by atoms with Crippen molar-refractivity contribution in [3.8, 4) is 0 Å². The number of hydrogen-bond acceptors (Lipinski definition) is 4. The second-order valence-corrected chi connectivity index (χ2v) is 4.71. The second-order valence-electron chi connectivity index (χ2n) is 4.71. The summed E-state index contributed by atoms with van der Waals surface area (Å²) in [6.07, 6.45) is 1.04. The third-order valence-electron chi connectivity index (χ3n) is 3.57. The monoisotopic (exact) mass is 291 g/mol. The lowest BCUT2D eigenvalue weighted by Crippen LogP contribution is -2.27. The molecule has 1 unspecified atom stereocenters. The maximum Gasteiger partial charge on any atom is 0.414 e. The number of anilines is 2. The normalized spacial score (nSPS) is 19.8. The molecule has 2 heterocycles. The molecule has 2 aliphatic heterocycles. The summed E-state index contributed by atoms with van der Waals surface area (Å²) >= 11 is 0. The van der Waals surface area contributed by atoms with E-state index >= 15 is 0 Å². The van der Waals surface area contributed by atoms with Gasteiger partial charge in [0.2, 0.25) is 6.41 Å². The van der Waals surface area contributed by atoms with Crippen LogP contribution in [0.1, 0.15) is 19.4 Å². The van der Waals surface area contributed by atoms with Crippen LogP contribution in [0.25, 0.3) is 0 Å². The predicted molar refractivity (Wildman–Crippen MR) is 81.6 cm³/mol. The van der Waals surface area contributed by atoms with Crippen LogP contribution in [-0.4, -0.2) is 38.2 Å². The van der Waals surface area contributed by atoms with Gasteiger partial charge in [0.25, 0.3) is 0 Å². The van der Waals surface area contributed by atoms with Crippen molar-refractivity contribution in [1.82, 2.24) is 0 Å². The Hall–Kier alpha value is -2.08. The first-order chi connectivity index (χ1) is 10.2. The summed E-state index contributed by atoms with van der Waals surface area (Å²) in [7, 11) is 0. The van der Waals surface area contributed by atoms with Crippen LogP contribution in [0.3, 0.4) is 0 Å². The largest absolute Gasteiger partial charge is 0.443 e. The van der Waals surface area contributed by atoms with Gasteiger partial charge in [-0.1, -0.05) is 13.8 Å². The molecule has 0 spiro atoms. The summed E-state index contributed by atoms with van der Waals surface area (Å²) in [6.45, 7) is 5.50. The summed E-state index contributed by atoms with van der Waals surface area (Å²) < 4.78 is 5.13. The first-order valence-corrected chi connectivity index (χ1v) is 7.26. The van der Waals surface area contributed by atoms with E-state index in [1.165, 1.54) is 0 Å². The number of nitrogens with two attached hydrogens (primary N) is 1. The van der Waals surface area contributed by atoms with Gasteiger partial charge < -0.3 is 15.4 Å². The number of rotatable bonds is 3. The molecular weight excluding hydrogens is 270 g/mol. The summed E-state index contributed by atoms with van der Waals surface area (Å²) in [5, 5.41) is 0. The van der Waals surface area contributed by atoms with Crippen molar-refractivity contribution in [2.24, 2.45) is 5.73 Å². The molecule has 1 fully saturated rings. The van der Waals surface area contributed by atoms with Gasteiger partial charge in [0.1, 0.15) is 6.10 Å². The Morgan fingerprint density at radius 2 is 2.19 bits per heavy atom. The lowest BCUT2D eigenvalue weighted by molar-refractivity contribution is -0.107. The van der Waals surface area contributed by atoms with E-state index in [-0.39, 0.29) is 12.2 Å². The molecule has 1 saturated heterocycles. The van der Waals surface area contributed by atoms with E-state index in [4.69, 9.17) is 10.5 Å². The van der Waals surface area contributed by atoms with Crippen LogP contribution in [0.15, 0.2) is 18.2 Å². The van der Waals surface area contributed by atoms with E-state index in [9.17, 15) is 9.59 Å². The number of carbonyl (C=O) groups is 2. The van der Waals surface area contributed by atoms with Crippen LogP contribution in [0.5, 0.6) is 0 Å². The van der Waals surface area contributed by atoms with Gasteiger partial charge in [0.05, 0.1) is 6.54 Å². The molecule has 2 N–H and O–H groups in total. The number of fused-ring (bicyclic) bond motifs is 1. The van der Waals surface area contributed by atoms with Gasteiger partial charge in [-0.25, -0.2) is 4.79 Å². The van der Waals surface area contributed by atoms with Crippen molar-refractivity contribution in [1.29, 1.82) is 0 Å². The maximum atomic E-state index is 11.7. The second kappa shape index (κ2) is 6.58. The minimum absolute atomic E-state index is 0.243. The molecule has 6 nitrogen and oxygen atoms in total. The van der Waals surface area contributed by atoms with Gasteiger partial charge in [-0.3, -0.25) is 9.69 Å². The molecule has 0 radical (unpaired) electrons. The highest BCUT2D eigenvalue weighted by atomic mass is 16.6. The Kier molecular flexibility index (Phi) is 4.80. The number of benzene rings is 1. The van der Waals surface area contributed by atoms with E-state index in [0.717, 1.165) is 29.8 Å². The van der Waals surface area contributed by atoms with Gasteiger partial charge in [-0.05, 0) is 30.2 Å². The Morgan fingerprint density at radius 3 is 2.81 bits per heavy atom. The van der Waals surface area contributed by atoms with Crippen LogP contribution < -0.4 is 15.5 Å². The average Bonchev–Trinajstić information content (AvgIpc) is 3.11. The zero-order valence-corrected chi connectivity index (χ0v) is 12.4. The minimum Gasteiger partial charge on any atom is -0.443 e. The van der Waals surface area contributed by atoms with Gasteiger partial charge in [0.15, 0.2) is 0 Å². The van der Waals surface area contributed by atoms with Gasteiger partial charge in [-0.15, -0.1) is 0 Å². The fraction of sp³-hybridized carbons (Fsp3) is 0.467. The topological polar surface area (TPSA) is 75.9 Å². The standard InChI is InChI=1S/C13H15N3O3.C2H6/c14-6-11-7-16(13(18)19-11)10-1-2-12-9(5-10)3-4-15(12)8-17;1-2/h1-2,5,8,11H,3-4,6-7,14H2;1-2H3. The highest BCUT2D eigenvalue weighted by molar-refractivity contribution is 5.91.